The minimum Gasteiger partial charge on any atom is -0.497 e. The third-order valence-corrected chi connectivity index (χ3v) is 5.54. The molecule has 2 aromatic rings. The third kappa shape index (κ3) is 3.41. The van der Waals surface area contributed by atoms with Crippen LogP contribution in [0.2, 0.25) is 0 Å². The standard InChI is InChI=1S/C22H27N3O/c1-26-18-12-10-17(11-13-18)16-23-21-22(14-6-2-3-7-15-22)25-20-9-5-4-8-19(20)24-21/h4-5,8-13,25H,2-3,6-7,14-16H2,1H3,(H,23,24). The van der Waals surface area contributed by atoms with Crippen LogP contribution in [-0.2, 0) is 6.54 Å². The van der Waals surface area contributed by atoms with Gasteiger partial charge in [0.15, 0.2) is 0 Å². The van der Waals surface area contributed by atoms with Crippen molar-refractivity contribution in [2.45, 2.75) is 50.6 Å². The van der Waals surface area contributed by atoms with Gasteiger partial charge in [-0.1, -0.05) is 49.9 Å². The molecule has 4 heteroatoms. The summed E-state index contributed by atoms with van der Waals surface area (Å²) >= 11 is 0. The van der Waals surface area contributed by atoms with E-state index in [2.05, 4.69) is 47.0 Å². The van der Waals surface area contributed by atoms with Gasteiger partial charge in [-0.15, -0.1) is 0 Å². The van der Waals surface area contributed by atoms with E-state index in [-0.39, 0.29) is 5.54 Å². The Bertz CT molecular complexity index is 774. The van der Waals surface area contributed by atoms with E-state index in [0.717, 1.165) is 30.1 Å². The lowest BCUT2D eigenvalue weighted by Gasteiger charge is -2.41. The average Bonchev–Trinajstić information content (AvgIpc) is 2.93. The second kappa shape index (κ2) is 7.40. The topological polar surface area (TPSA) is 45.6 Å². The highest BCUT2D eigenvalue weighted by atomic mass is 16.5. The normalized spacial score (nSPS) is 20.0. The molecule has 1 heterocycles. The Morgan fingerprint density at radius 1 is 0.923 bits per heavy atom. The molecule has 0 unspecified atom stereocenters. The van der Waals surface area contributed by atoms with Crippen molar-refractivity contribution in [1.82, 2.24) is 0 Å². The number of anilines is 2. The van der Waals surface area contributed by atoms with Gasteiger partial charge in [0.05, 0.1) is 30.6 Å². The van der Waals surface area contributed by atoms with Crippen LogP contribution in [0.15, 0.2) is 53.5 Å². The summed E-state index contributed by atoms with van der Waals surface area (Å²) in [6.07, 6.45) is 7.40. The smallest absolute Gasteiger partial charge is 0.127 e. The minimum atomic E-state index is -0.0582. The summed E-state index contributed by atoms with van der Waals surface area (Å²) in [5, 5.41) is 7.48. The first-order valence-electron chi connectivity index (χ1n) is 9.61. The minimum absolute atomic E-state index is 0.0582. The van der Waals surface area contributed by atoms with Crippen LogP contribution in [0.4, 0.5) is 11.4 Å². The largest absolute Gasteiger partial charge is 0.497 e. The van der Waals surface area contributed by atoms with Gasteiger partial charge in [0.25, 0.3) is 0 Å². The molecule has 0 radical (unpaired) electrons. The fourth-order valence-electron chi connectivity index (χ4n) is 4.05. The van der Waals surface area contributed by atoms with Crippen LogP contribution in [0.5, 0.6) is 5.75 Å². The van der Waals surface area contributed by atoms with Crippen LogP contribution in [-0.4, -0.2) is 18.5 Å². The molecule has 1 fully saturated rings. The van der Waals surface area contributed by atoms with E-state index in [4.69, 9.17) is 9.73 Å². The monoisotopic (exact) mass is 349 g/mol. The first-order valence-corrected chi connectivity index (χ1v) is 9.61. The Morgan fingerprint density at radius 3 is 2.31 bits per heavy atom. The van der Waals surface area contributed by atoms with Gasteiger partial charge in [0.2, 0.25) is 0 Å². The Hall–Kier alpha value is -2.49. The number of rotatable bonds is 3. The molecule has 0 bridgehead atoms. The summed E-state index contributed by atoms with van der Waals surface area (Å²) in [5.41, 5.74) is 3.45. The molecule has 2 aliphatic rings. The molecule has 26 heavy (non-hydrogen) atoms. The quantitative estimate of drug-likeness (QED) is 0.798. The molecule has 1 spiro atoms. The molecule has 0 aromatic heterocycles. The Balaban J connectivity index is 1.63. The fraction of sp³-hybridized carbons (Fsp3) is 0.409. The van der Waals surface area contributed by atoms with Crippen LogP contribution in [0.25, 0.3) is 0 Å². The Kier molecular flexibility index (Phi) is 4.83. The number of nitrogens with one attached hydrogen (secondary N) is 2. The van der Waals surface area contributed by atoms with Crippen LogP contribution in [0.1, 0.15) is 44.1 Å². The van der Waals surface area contributed by atoms with Crippen molar-refractivity contribution in [3.05, 3.63) is 54.1 Å². The summed E-state index contributed by atoms with van der Waals surface area (Å²) in [4.78, 5) is 5.03. The molecule has 2 aromatic carbocycles. The number of methoxy groups -OCH3 is 1. The van der Waals surface area contributed by atoms with E-state index in [0.29, 0.717) is 6.54 Å². The van der Waals surface area contributed by atoms with E-state index in [1.54, 1.807) is 7.11 Å². The molecule has 0 saturated heterocycles. The van der Waals surface area contributed by atoms with Gasteiger partial charge in [-0.25, -0.2) is 0 Å². The summed E-state index contributed by atoms with van der Waals surface area (Å²) < 4.78 is 5.25. The van der Waals surface area contributed by atoms with Crippen LogP contribution < -0.4 is 15.4 Å². The van der Waals surface area contributed by atoms with Crippen LogP contribution >= 0.6 is 0 Å². The third-order valence-electron chi connectivity index (χ3n) is 5.54. The lowest BCUT2D eigenvalue weighted by Crippen LogP contribution is -2.52. The highest BCUT2D eigenvalue weighted by molar-refractivity contribution is 6.09. The predicted molar refractivity (Wildman–Crippen MR) is 108 cm³/mol. The number of benzene rings is 2. The van der Waals surface area contributed by atoms with Crippen LogP contribution in [0.3, 0.4) is 0 Å². The summed E-state index contributed by atoms with van der Waals surface area (Å²) in [6.45, 7) is 0.678. The average molecular weight is 349 g/mol. The van der Waals surface area contributed by atoms with E-state index in [1.807, 2.05) is 12.1 Å². The molecule has 136 valence electrons. The van der Waals surface area contributed by atoms with Gasteiger partial charge in [-0.05, 0) is 42.7 Å². The van der Waals surface area contributed by atoms with Gasteiger partial charge in [-0.2, -0.15) is 0 Å². The molecule has 4 nitrogen and oxygen atoms in total. The maximum absolute atomic E-state index is 5.25. The van der Waals surface area contributed by atoms with E-state index in [1.165, 1.54) is 36.9 Å². The zero-order chi connectivity index (χ0) is 17.8. The number of fused-ring (bicyclic) bond motifs is 1. The summed E-state index contributed by atoms with van der Waals surface area (Å²) in [5.74, 6) is 1.97. The SMILES string of the molecule is COc1ccc(CN=C2Nc3ccccc3NC23CCCCCC3)cc1. The van der Waals surface area contributed by atoms with E-state index < -0.39 is 0 Å². The van der Waals surface area contributed by atoms with Gasteiger partial charge >= 0.3 is 0 Å². The number of amidine groups is 1. The maximum atomic E-state index is 5.25. The van der Waals surface area contributed by atoms with Crippen molar-refractivity contribution >= 4 is 17.2 Å². The molecule has 0 atom stereocenters. The second-order valence-electron chi connectivity index (χ2n) is 7.30. The van der Waals surface area contributed by atoms with Gasteiger partial charge in [0, 0.05) is 0 Å². The number of ether oxygens (including phenoxy) is 1. The molecular weight excluding hydrogens is 322 g/mol. The van der Waals surface area contributed by atoms with Crippen molar-refractivity contribution in [2.24, 2.45) is 4.99 Å². The molecule has 4 rings (SSSR count). The summed E-state index contributed by atoms with van der Waals surface area (Å²) in [6, 6.07) is 16.6. The Morgan fingerprint density at radius 2 is 1.62 bits per heavy atom. The fourth-order valence-corrected chi connectivity index (χ4v) is 4.05. The molecule has 1 saturated carbocycles. The number of nitrogens with zero attached hydrogens (tertiary/aromatic N) is 1. The number of aliphatic imine (C=N–C) groups is 1. The van der Waals surface area contributed by atoms with E-state index >= 15 is 0 Å². The second-order valence-corrected chi connectivity index (χ2v) is 7.30. The number of hydrogen-bond acceptors (Lipinski definition) is 3. The first-order chi connectivity index (χ1) is 12.8. The lowest BCUT2D eigenvalue weighted by atomic mass is 9.86. The van der Waals surface area contributed by atoms with Gasteiger partial charge < -0.3 is 15.4 Å². The lowest BCUT2D eigenvalue weighted by molar-refractivity contribution is 0.414. The predicted octanol–water partition coefficient (Wildman–Crippen LogP) is 5.22. The number of hydrogen-bond donors (Lipinski definition) is 2. The molecule has 2 N–H and O–H groups in total. The van der Waals surface area contributed by atoms with Gasteiger partial charge in [-0.3, -0.25) is 4.99 Å². The van der Waals surface area contributed by atoms with Crippen molar-refractivity contribution in [1.29, 1.82) is 0 Å². The van der Waals surface area contributed by atoms with Crippen LogP contribution in [0, 0.1) is 0 Å². The number of para-hydroxylation sites is 2. The zero-order valence-electron chi connectivity index (χ0n) is 15.4. The first kappa shape index (κ1) is 17.0. The molecule has 0 amide bonds. The molecule has 1 aliphatic heterocycles. The zero-order valence-corrected chi connectivity index (χ0v) is 15.4. The molecular formula is C22H27N3O. The van der Waals surface area contributed by atoms with Gasteiger partial charge in [0.1, 0.15) is 11.6 Å². The molecule has 1 aliphatic carbocycles. The van der Waals surface area contributed by atoms with Crippen molar-refractivity contribution < 1.29 is 4.74 Å². The highest BCUT2D eigenvalue weighted by Gasteiger charge is 2.39. The van der Waals surface area contributed by atoms with Crippen molar-refractivity contribution in [3.63, 3.8) is 0 Å². The van der Waals surface area contributed by atoms with E-state index in [9.17, 15) is 0 Å². The Labute approximate surface area is 155 Å². The highest BCUT2D eigenvalue weighted by Crippen LogP contribution is 2.38. The maximum Gasteiger partial charge on any atom is 0.127 e. The van der Waals surface area contributed by atoms with Crippen molar-refractivity contribution in [2.75, 3.05) is 17.7 Å². The van der Waals surface area contributed by atoms with Crippen molar-refractivity contribution in [3.8, 4) is 5.75 Å². The summed E-state index contributed by atoms with van der Waals surface area (Å²) in [7, 11) is 1.69.